The number of carbonyl (C=O) groups excluding carboxylic acids is 2. The van der Waals surface area contributed by atoms with Crippen molar-refractivity contribution in [3.8, 4) is 5.75 Å². The van der Waals surface area contributed by atoms with Crippen LogP contribution in [0.4, 0.5) is 0 Å². The number of carbonyl (C=O) groups is 2. The zero-order valence-electron chi connectivity index (χ0n) is 13.5. The number of aliphatic hydroxyl groups excluding tert-OH is 1. The molecule has 1 aromatic carbocycles. The Morgan fingerprint density at radius 1 is 1.25 bits per heavy atom. The van der Waals surface area contributed by atoms with Gasteiger partial charge >= 0.3 is 0 Å². The van der Waals surface area contributed by atoms with E-state index < -0.39 is 11.5 Å². The summed E-state index contributed by atoms with van der Waals surface area (Å²) in [6.07, 6.45) is 4.12. The van der Waals surface area contributed by atoms with Gasteiger partial charge in [0.1, 0.15) is 18.5 Å². The molecule has 2 aliphatic rings. The first-order chi connectivity index (χ1) is 11.5. The van der Waals surface area contributed by atoms with E-state index in [0.717, 1.165) is 36.6 Å². The summed E-state index contributed by atoms with van der Waals surface area (Å²) in [4.78, 5) is 26.2. The minimum Gasteiger partial charge on any atom is -0.491 e. The molecule has 0 radical (unpaired) electrons. The number of aliphatic hydroxyl groups is 1. The van der Waals surface area contributed by atoms with E-state index in [2.05, 4.69) is 15.9 Å². The Morgan fingerprint density at radius 3 is 2.71 bits per heavy atom. The molecule has 0 bridgehead atoms. The van der Waals surface area contributed by atoms with Gasteiger partial charge in [0.15, 0.2) is 0 Å². The lowest BCUT2D eigenvalue weighted by Crippen LogP contribution is -2.42. The zero-order chi connectivity index (χ0) is 17.2. The minimum absolute atomic E-state index is 0.00736. The van der Waals surface area contributed by atoms with Crippen LogP contribution in [0.2, 0.25) is 0 Å². The first-order valence-corrected chi connectivity index (χ1v) is 9.21. The Hall–Kier alpha value is -1.40. The van der Waals surface area contributed by atoms with E-state index in [0.29, 0.717) is 12.2 Å². The summed E-state index contributed by atoms with van der Waals surface area (Å²) in [6, 6.07) is 7.32. The Balaban J connectivity index is 1.57. The number of amides is 2. The van der Waals surface area contributed by atoms with E-state index in [1.165, 1.54) is 4.90 Å². The monoisotopic (exact) mass is 395 g/mol. The predicted molar refractivity (Wildman–Crippen MR) is 92.5 cm³/mol. The summed E-state index contributed by atoms with van der Waals surface area (Å²) >= 11 is 3.36. The van der Waals surface area contributed by atoms with Crippen molar-refractivity contribution in [2.45, 2.75) is 44.6 Å². The molecule has 2 amide bonds. The first kappa shape index (κ1) is 17.4. The molecule has 1 unspecified atom stereocenters. The highest BCUT2D eigenvalue weighted by molar-refractivity contribution is 9.10. The number of nitrogens with zero attached hydrogens (tertiary/aromatic N) is 1. The Labute approximate surface area is 150 Å². The molecule has 6 heteroatoms. The third-order valence-corrected chi connectivity index (χ3v) is 5.43. The van der Waals surface area contributed by atoms with Crippen LogP contribution in [0.25, 0.3) is 0 Å². The molecule has 1 spiro atoms. The highest BCUT2D eigenvalue weighted by Crippen LogP contribution is 2.45. The maximum Gasteiger partial charge on any atom is 0.235 e. The maximum atomic E-state index is 12.7. The summed E-state index contributed by atoms with van der Waals surface area (Å²) in [6.45, 7) is 0.0495. The van der Waals surface area contributed by atoms with Gasteiger partial charge < -0.3 is 9.84 Å². The lowest BCUT2D eigenvalue weighted by atomic mass is 9.73. The second-order valence-corrected chi connectivity index (χ2v) is 7.67. The molecular weight excluding hydrogens is 374 g/mol. The van der Waals surface area contributed by atoms with Gasteiger partial charge in [-0.15, -0.1) is 0 Å². The van der Waals surface area contributed by atoms with Crippen molar-refractivity contribution in [2.75, 3.05) is 13.2 Å². The van der Waals surface area contributed by atoms with Crippen molar-refractivity contribution in [3.63, 3.8) is 0 Å². The average Bonchev–Trinajstić information content (AvgIpc) is 2.78. The van der Waals surface area contributed by atoms with Crippen LogP contribution in [-0.4, -0.2) is 41.1 Å². The molecule has 24 heavy (non-hydrogen) atoms. The number of hydrogen-bond donors (Lipinski definition) is 1. The number of halogens is 1. The van der Waals surface area contributed by atoms with Gasteiger partial charge in [0.05, 0.1) is 12.0 Å². The Morgan fingerprint density at radius 2 is 2.00 bits per heavy atom. The Kier molecular flexibility index (Phi) is 5.25. The van der Waals surface area contributed by atoms with Gasteiger partial charge in [0, 0.05) is 10.9 Å². The maximum absolute atomic E-state index is 12.7. The number of ether oxygens (including phenoxy) is 1. The van der Waals surface area contributed by atoms with Gasteiger partial charge in [-0.2, -0.15) is 0 Å². The molecule has 1 heterocycles. The number of likely N-dealkylation sites (tertiary alicyclic amines) is 1. The molecule has 1 aliphatic heterocycles. The molecule has 1 atom stereocenters. The fraction of sp³-hybridized carbons (Fsp3) is 0.556. The molecular formula is C18H22BrNO4. The van der Waals surface area contributed by atoms with Crippen LogP contribution in [-0.2, 0) is 9.59 Å². The average molecular weight is 396 g/mol. The van der Waals surface area contributed by atoms with Crippen LogP contribution in [0, 0.1) is 5.41 Å². The Bertz CT molecular complexity index is 627. The van der Waals surface area contributed by atoms with Gasteiger partial charge in [0.2, 0.25) is 11.8 Å². The number of benzene rings is 1. The quantitative estimate of drug-likeness (QED) is 0.778. The molecule has 5 nitrogen and oxygen atoms in total. The fourth-order valence-corrected chi connectivity index (χ4v) is 4.05. The van der Waals surface area contributed by atoms with Crippen LogP contribution < -0.4 is 4.74 Å². The second-order valence-electron chi connectivity index (χ2n) is 6.75. The minimum atomic E-state index is -0.893. The van der Waals surface area contributed by atoms with Crippen molar-refractivity contribution < 1.29 is 19.4 Å². The van der Waals surface area contributed by atoms with Gasteiger partial charge in [-0.1, -0.05) is 41.3 Å². The summed E-state index contributed by atoms with van der Waals surface area (Å²) in [5.41, 5.74) is -0.500. The van der Waals surface area contributed by atoms with E-state index in [4.69, 9.17) is 4.74 Å². The van der Waals surface area contributed by atoms with Crippen molar-refractivity contribution in [2.24, 2.45) is 5.41 Å². The molecule has 130 valence electrons. The number of imide groups is 1. The largest absolute Gasteiger partial charge is 0.491 e. The summed E-state index contributed by atoms with van der Waals surface area (Å²) in [7, 11) is 0. The highest BCUT2D eigenvalue weighted by atomic mass is 79.9. The van der Waals surface area contributed by atoms with Crippen LogP contribution in [0.15, 0.2) is 28.7 Å². The van der Waals surface area contributed by atoms with E-state index in [9.17, 15) is 14.7 Å². The van der Waals surface area contributed by atoms with Gasteiger partial charge in [-0.05, 0) is 31.0 Å². The number of rotatable bonds is 5. The molecule has 0 aromatic heterocycles. The van der Waals surface area contributed by atoms with Crippen molar-refractivity contribution in [1.29, 1.82) is 0 Å². The molecule has 1 saturated heterocycles. The summed E-state index contributed by atoms with van der Waals surface area (Å²) in [5, 5.41) is 10.2. The topological polar surface area (TPSA) is 66.8 Å². The van der Waals surface area contributed by atoms with Crippen molar-refractivity contribution in [3.05, 3.63) is 28.7 Å². The van der Waals surface area contributed by atoms with Gasteiger partial charge in [-0.3, -0.25) is 14.5 Å². The third-order valence-electron chi connectivity index (χ3n) is 4.93. The third kappa shape index (κ3) is 3.64. The first-order valence-electron chi connectivity index (χ1n) is 8.41. The van der Waals surface area contributed by atoms with Gasteiger partial charge in [-0.25, -0.2) is 0 Å². The molecule has 1 aliphatic carbocycles. The lowest BCUT2D eigenvalue weighted by molar-refractivity contribution is -0.144. The van der Waals surface area contributed by atoms with E-state index >= 15 is 0 Å². The van der Waals surface area contributed by atoms with Crippen LogP contribution in [0.3, 0.4) is 0 Å². The van der Waals surface area contributed by atoms with E-state index in [-0.39, 0.29) is 25.0 Å². The van der Waals surface area contributed by atoms with Crippen molar-refractivity contribution in [1.82, 2.24) is 4.90 Å². The van der Waals surface area contributed by atoms with Crippen molar-refractivity contribution >= 4 is 27.7 Å². The predicted octanol–water partition coefficient (Wildman–Crippen LogP) is 2.90. The summed E-state index contributed by atoms with van der Waals surface area (Å²) in [5.74, 6) is 0.364. The van der Waals surface area contributed by atoms with Crippen LogP contribution in [0.5, 0.6) is 5.75 Å². The van der Waals surface area contributed by atoms with Crippen LogP contribution >= 0.6 is 15.9 Å². The zero-order valence-corrected chi connectivity index (χ0v) is 15.1. The summed E-state index contributed by atoms with van der Waals surface area (Å²) < 4.78 is 6.42. The van der Waals surface area contributed by atoms with Crippen LogP contribution in [0.1, 0.15) is 38.5 Å². The van der Waals surface area contributed by atoms with Gasteiger partial charge in [0.25, 0.3) is 0 Å². The number of hydrogen-bond acceptors (Lipinski definition) is 4. The molecule has 1 aromatic rings. The smallest absolute Gasteiger partial charge is 0.235 e. The molecule has 3 rings (SSSR count). The van der Waals surface area contributed by atoms with E-state index in [1.807, 2.05) is 12.1 Å². The normalized spacial score (nSPS) is 21.3. The number of β-amino-alcohol motifs (C(OH)–C–C–N with tert-alkyl or cyclic N) is 1. The standard InChI is InChI=1S/C18H22BrNO4/c19-13-5-4-6-15(9-13)24-12-14(21)11-20-16(22)10-18(17(20)23)7-2-1-3-8-18/h4-6,9,14,21H,1-3,7-8,10-12H2. The second kappa shape index (κ2) is 7.23. The lowest BCUT2D eigenvalue weighted by Gasteiger charge is -2.30. The SMILES string of the molecule is O=C1CC2(CCCCC2)C(=O)N1CC(O)COc1cccc(Br)c1. The molecule has 2 fully saturated rings. The van der Waals surface area contributed by atoms with E-state index in [1.54, 1.807) is 12.1 Å². The fourth-order valence-electron chi connectivity index (χ4n) is 3.68. The highest BCUT2D eigenvalue weighted by Gasteiger charge is 2.51. The molecule has 1 N–H and O–H groups in total. The molecule has 1 saturated carbocycles.